The Morgan fingerprint density at radius 3 is 2.43 bits per heavy atom. The van der Waals surface area contributed by atoms with E-state index in [2.05, 4.69) is 0 Å². The topological polar surface area (TPSA) is 64.7 Å². The molecule has 1 aliphatic rings. The summed E-state index contributed by atoms with van der Waals surface area (Å²) in [6, 6.07) is 0. The van der Waals surface area contributed by atoms with Crippen LogP contribution < -0.4 is 5.73 Å². The third-order valence-electron chi connectivity index (χ3n) is 2.89. The molecule has 0 radical (unpaired) electrons. The van der Waals surface area contributed by atoms with Gasteiger partial charge in [0.1, 0.15) is 0 Å². The molecule has 0 bridgehead atoms. The molecule has 0 spiro atoms. The second kappa shape index (κ2) is 5.07. The molecule has 2 atom stereocenters. The van der Waals surface area contributed by atoms with E-state index >= 15 is 0 Å². The summed E-state index contributed by atoms with van der Waals surface area (Å²) in [7, 11) is 0. The Balaban J connectivity index is 2.51. The molecule has 0 aromatic heterocycles. The van der Waals surface area contributed by atoms with Gasteiger partial charge in [0.05, 0.1) is 17.8 Å². The van der Waals surface area contributed by atoms with Crippen LogP contribution in [0.1, 0.15) is 26.7 Å². The van der Waals surface area contributed by atoms with Gasteiger partial charge in [0, 0.05) is 32.6 Å². The highest BCUT2D eigenvalue weighted by Crippen LogP contribution is 2.26. The van der Waals surface area contributed by atoms with Crippen molar-refractivity contribution < 1.29 is 14.6 Å². The minimum absolute atomic E-state index is 0.170. The molecular formula is C10H21NO3. The van der Waals surface area contributed by atoms with E-state index < -0.39 is 6.10 Å². The highest BCUT2D eigenvalue weighted by molar-refractivity contribution is 4.86. The maximum Gasteiger partial charge on any atom is 0.0852 e. The van der Waals surface area contributed by atoms with Crippen LogP contribution in [0.4, 0.5) is 0 Å². The third-order valence-corrected chi connectivity index (χ3v) is 2.89. The van der Waals surface area contributed by atoms with Gasteiger partial charge in [-0.05, 0) is 13.8 Å². The molecule has 3 N–H and O–H groups in total. The molecular weight excluding hydrogens is 182 g/mol. The van der Waals surface area contributed by atoms with Crippen molar-refractivity contribution in [1.82, 2.24) is 0 Å². The van der Waals surface area contributed by atoms with Crippen LogP contribution in [0.3, 0.4) is 0 Å². The van der Waals surface area contributed by atoms with Gasteiger partial charge in [0.25, 0.3) is 0 Å². The van der Waals surface area contributed by atoms with Gasteiger partial charge in [-0.1, -0.05) is 0 Å². The number of aliphatic hydroxyl groups is 1. The Hall–Kier alpha value is -0.160. The van der Waals surface area contributed by atoms with Crippen LogP contribution in [0.2, 0.25) is 0 Å². The molecule has 1 heterocycles. The molecule has 0 saturated carbocycles. The second-order valence-corrected chi connectivity index (χ2v) is 4.06. The number of ether oxygens (including phenoxy) is 2. The Morgan fingerprint density at radius 1 is 1.43 bits per heavy atom. The van der Waals surface area contributed by atoms with Crippen LogP contribution in [0.15, 0.2) is 0 Å². The van der Waals surface area contributed by atoms with E-state index in [0.717, 1.165) is 12.8 Å². The predicted molar refractivity (Wildman–Crippen MR) is 54.1 cm³/mol. The van der Waals surface area contributed by atoms with Crippen LogP contribution in [-0.4, -0.2) is 42.7 Å². The van der Waals surface area contributed by atoms with E-state index in [4.69, 9.17) is 15.2 Å². The van der Waals surface area contributed by atoms with Gasteiger partial charge < -0.3 is 20.3 Å². The van der Waals surface area contributed by atoms with Gasteiger partial charge in [-0.15, -0.1) is 0 Å². The summed E-state index contributed by atoms with van der Waals surface area (Å²) in [5, 5.41) is 9.36. The maximum absolute atomic E-state index is 9.36. The SMILES string of the molecule is CC(O)C(C)OC1(CN)CCOCC1. The fourth-order valence-electron chi connectivity index (χ4n) is 1.61. The van der Waals surface area contributed by atoms with E-state index in [1.807, 2.05) is 6.92 Å². The zero-order valence-corrected chi connectivity index (χ0v) is 9.03. The maximum atomic E-state index is 9.36. The first-order valence-electron chi connectivity index (χ1n) is 5.23. The fraction of sp³-hybridized carbons (Fsp3) is 1.00. The highest BCUT2D eigenvalue weighted by atomic mass is 16.5. The Bertz CT molecular complexity index is 167. The van der Waals surface area contributed by atoms with Crippen molar-refractivity contribution in [2.45, 2.75) is 44.5 Å². The molecule has 4 heteroatoms. The number of hydrogen-bond donors (Lipinski definition) is 2. The number of nitrogens with two attached hydrogens (primary N) is 1. The second-order valence-electron chi connectivity index (χ2n) is 4.06. The molecule has 1 fully saturated rings. The first-order chi connectivity index (χ1) is 6.59. The van der Waals surface area contributed by atoms with Gasteiger partial charge in [-0.25, -0.2) is 0 Å². The largest absolute Gasteiger partial charge is 0.391 e. The van der Waals surface area contributed by atoms with Crippen molar-refractivity contribution >= 4 is 0 Å². The van der Waals surface area contributed by atoms with Crippen molar-refractivity contribution in [3.8, 4) is 0 Å². The normalized spacial score (nSPS) is 25.7. The smallest absolute Gasteiger partial charge is 0.0852 e. The van der Waals surface area contributed by atoms with Crippen molar-refractivity contribution in [2.75, 3.05) is 19.8 Å². The molecule has 0 aliphatic carbocycles. The molecule has 0 amide bonds. The molecule has 2 unspecified atom stereocenters. The van der Waals surface area contributed by atoms with Crippen LogP contribution in [0.5, 0.6) is 0 Å². The molecule has 0 aromatic carbocycles. The molecule has 84 valence electrons. The summed E-state index contributed by atoms with van der Waals surface area (Å²) in [6.45, 7) is 5.49. The first kappa shape index (κ1) is 11.9. The summed E-state index contributed by atoms with van der Waals surface area (Å²) in [6.07, 6.45) is 1.01. The standard InChI is InChI=1S/C10H21NO3/c1-8(12)9(2)14-10(7-11)3-5-13-6-4-10/h8-9,12H,3-7,11H2,1-2H3. The quantitative estimate of drug-likeness (QED) is 0.689. The van der Waals surface area contributed by atoms with E-state index in [1.165, 1.54) is 0 Å². The monoisotopic (exact) mass is 203 g/mol. The lowest BCUT2D eigenvalue weighted by Gasteiger charge is -2.38. The van der Waals surface area contributed by atoms with E-state index in [1.54, 1.807) is 6.92 Å². The highest BCUT2D eigenvalue weighted by Gasteiger charge is 2.34. The zero-order valence-electron chi connectivity index (χ0n) is 9.03. The predicted octanol–water partition coefficient (Wildman–Crippen LogP) is 0.280. The fourth-order valence-corrected chi connectivity index (χ4v) is 1.61. The van der Waals surface area contributed by atoms with Crippen LogP contribution >= 0.6 is 0 Å². The van der Waals surface area contributed by atoms with Gasteiger partial charge in [-0.2, -0.15) is 0 Å². The Labute approximate surface area is 85.4 Å². The summed E-state index contributed by atoms with van der Waals surface area (Å²) in [4.78, 5) is 0. The average molecular weight is 203 g/mol. The molecule has 0 aromatic rings. The Kier molecular flexibility index (Phi) is 4.31. The van der Waals surface area contributed by atoms with E-state index in [-0.39, 0.29) is 11.7 Å². The molecule has 1 rings (SSSR count). The lowest BCUT2D eigenvalue weighted by molar-refractivity contribution is -0.156. The van der Waals surface area contributed by atoms with Gasteiger partial charge >= 0.3 is 0 Å². The Morgan fingerprint density at radius 2 is 2.00 bits per heavy atom. The van der Waals surface area contributed by atoms with E-state index in [0.29, 0.717) is 19.8 Å². The average Bonchev–Trinajstić information content (AvgIpc) is 2.19. The third kappa shape index (κ3) is 2.92. The van der Waals surface area contributed by atoms with Crippen molar-refractivity contribution in [3.63, 3.8) is 0 Å². The van der Waals surface area contributed by atoms with Crippen molar-refractivity contribution in [3.05, 3.63) is 0 Å². The number of hydrogen-bond acceptors (Lipinski definition) is 4. The van der Waals surface area contributed by atoms with Gasteiger partial charge in [0.15, 0.2) is 0 Å². The van der Waals surface area contributed by atoms with Crippen LogP contribution in [0.25, 0.3) is 0 Å². The summed E-state index contributed by atoms with van der Waals surface area (Å²) in [5.41, 5.74) is 5.44. The number of aliphatic hydroxyl groups excluding tert-OH is 1. The summed E-state index contributed by atoms with van der Waals surface area (Å²) >= 11 is 0. The molecule has 1 saturated heterocycles. The summed E-state index contributed by atoms with van der Waals surface area (Å²) < 4.78 is 11.1. The zero-order chi connectivity index (χ0) is 10.6. The van der Waals surface area contributed by atoms with Crippen molar-refractivity contribution in [1.29, 1.82) is 0 Å². The van der Waals surface area contributed by atoms with Crippen LogP contribution in [-0.2, 0) is 9.47 Å². The summed E-state index contributed by atoms with van der Waals surface area (Å²) in [5.74, 6) is 0. The van der Waals surface area contributed by atoms with Gasteiger partial charge in [0.2, 0.25) is 0 Å². The lowest BCUT2D eigenvalue weighted by Crippen LogP contribution is -2.49. The molecule has 14 heavy (non-hydrogen) atoms. The molecule has 1 aliphatic heterocycles. The number of rotatable bonds is 4. The van der Waals surface area contributed by atoms with Crippen LogP contribution in [0, 0.1) is 0 Å². The minimum Gasteiger partial charge on any atom is -0.391 e. The van der Waals surface area contributed by atoms with E-state index in [9.17, 15) is 5.11 Å². The minimum atomic E-state index is -0.457. The van der Waals surface area contributed by atoms with Crippen molar-refractivity contribution in [2.24, 2.45) is 5.73 Å². The molecule has 4 nitrogen and oxygen atoms in total. The first-order valence-corrected chi connectivity index (χ1v) is 5.23. The lowest BCUT2D eigenvalue weighted by atomic mass is 9.94. The van der Waals surface area contributed by atoms with Gasteiger partial charge in [-0.3, -0.25) is 0 Å².